The first kappa shape index (κ1) is 25.8. The first-order valence-corrected chi connectivity index (χ1v) is 13.5. The number of hydrogen-bond donors (Lipinski definition) is 2. The number of aryl methyl sites for hydroxylation is 1. The molecule has 2 atom stereocenters. The number of anilines is 1. The number of hydrogen-bond acceptors (Lipinski definition) is 7. The predicted molar refractivity (Wildman–Crippen MR) is 152 cm³/mol. The summed E-state index contributed by atoms with van der Waals surface area (Å²) in [4.78, 5) is 26.5. The van der Waals surface area contributed by atoms with Gasteiger partial charge in [0.15, 0.2) is 0 Å². The van der Waals surface area contributed by atoms with Crippen LogP contribution in [0.4, 0.5) is 5.95 Å². The van der Waals surface area contributed by atoms with Crippen LogP contribution < -0.4 is 15.4 Å². The van der Waals surface area contributed by atoms with E-state index in [0.29, 0.717) is 24.3 Å². The van der Waals surface area contributed by atoms with E-state index < -0.39 is 0 Å². The Balaban J connectivity index is 1.47. The van der Waals surface area contributed by atoms with Crippen molar-refractivity contribution in [3.63, 3.8) is 0 Å². The van der Waals surface area contributed by atoms with E-state index in [9.17, 15) is 4.79 Å². The number of Topliss-reactive ketones (excluding diaryl/α,β-unsaturated/α-hetero) is 1. The summed E-state index contributed by atoms with van der Waals surface area (Å²) in [5, 5.41) is 8.86. The number of ether oxygens (including phenoxy) is 1. The minimum Gasteiger partial charge on any atom is -0.437 e. The van der Waals surface area contributed by atoms with Gasteiger partial charge in [-0.25, -0.2) is 15.0 Å². The SMILES string of the molecule is CC[C@@H](C)C(=O)Cc1cccc2c(Oc3ncccc3-c3ccnc(N[C@H]4CCCNC4)n3)c(C)ccc12. The number of fused-ring (bicyclic) bond motifs is 1. The van der Waals surface area contributed by atoms with Crippen molar-refractivity contribution in [2.75, 3.05) is 18.4 Å². The molecule has 2 N–H and O–H groups in total. The summed E-state index contributed by atoms with van der Waals surface area (Å²) in [7, 11) is 0. The van der Waals surface area contributed by atoms with Crippen LogP contribution in [0.15, 0.2) is 60.9 Å². The lowest BCUT2D eigenvalue weighted by molar-refractivity contribution is -0.121. The fraction of sp³-hybridized carbons (Fsp3) is 0.355. The number of aromatic nitrogens is 3. The van der Waals surface area contributed by atoms with Crippen LogP contribution in [0, 0.1) is 12.8 Å². The van der Waals surface area contributed by atoms with Crippen LogP contribution in [0.25, 0.3) is 22.0 Å². The van der Waals surface area contributed by atoms with Gasteiger partial charge in [0.25, 0.3) is 0 Å². The lowest BCUT2D eigenvalue weighted by atomic mass is 9.93. The lowest BCUT2D eigenvalue weighted by Gasteiger charge is -2.23. The molecule has 0 bridgehead atoms. The second-order valence-corrected chi connectivity index (χ2v) is 10.1. The zero-order valence-corrected chi connectivity index (χ0v) is 22.3. The minimum atomic E-state index is 0.0455. The van der Waals surface area contributed by atoms with Crippen LogP contribution >= 0.6 is 0 Å². The van der Waals surface area contributed by atoms with Crippen LogP contribution in [0.2, 0.25) is 0 Å². The fourth-order valence-electron chi connectivity index (χ4n) is 4.88. The first-order chi connectivity index (χ1) is 18.5. The molecule has 1 aliphatic heterocycles. The van der Waals surface area contributed by atoms with Crippen molar-refractivity contribution in [2.24, 2.45) is 5.92 Å². The number of rotatable bonds is 9. The summed E-state index contributed by atoms with van der Waals surface area (Å²) in [6.45, 7) is 8.03. The molecule has 0 radical (unpaired) electrons. The number of ketones is 1. The Labute approximate surface area is 224 Å². The Kier molecular flexibility index (Phi) is 7.94. The quantitative estimate of drug-likeness (QED) is 0.281. The molecule has 0 spiro atoms. The third-order valence-electron chi connectivity index (χ3n) is 7.36. The van der Waals surface area contributed by atoms with Gasteiger partial charge in [0.1, 0.15) is 11.5 Å². The highest BCUT2D eigenvalue weighted by Gasteiger charge is 2.18. The van der Waals surface area contributed by atoms with Gasteiger partial charge in [-0.3, -0.25) is 4.79 Å². The molecule has 7 nitrogen and oxygen atoms in total. The third kappa shape index (κ3) is 5.68. The highest BCUT2D eigenvalue weighted by molar-refractivity contribution is 5.95. The molecule has 5 rings (SSSR count). The van der Waals surface area contributed by atoms with E-state index in [2.05, 4.69) is 33.6 Å². The van der Waals surface area contributed by atoms with Crippen LogP contribution in [-0.2, 0) is 11.2 Å². The number of pyridine rings is 1. The molecule has 2 aromatic carbocycles. The summed E-state index contributed by atoms with van der Waals surface area (Å²) in [6.07, 6.45) is 6.97. The molecular formula is C31H35N5O2. The van der Waals surface area contributed by atoms with Crippen molar-refractivity contribution < 1.29 is 9.53 Å². The van der Waals surface area contributed by atoms with E-state index in [-0.39, 0.29) is 11.7 Å². The standard InChI is InChI=1S/C31H35N5O2/c1-4-20(2)28(37)18-22-8-5-10-25-24(22)13-12-21(3)29(25)38-30-26(11-7-16-33-30)27-14-17-34-31(36-27)35-23-9-6-15-32-19-23/h5,7-8,10-14,16-17,20,23,32H,4,6,9,15,18-19H2,1-3H3,(H,34,35,36)/t20-,23+/m1/s1. The van der Waals surface area contributed by atoms with Gasteiger partial charge >= 0.3 is 0 Å². The zero-order valence-electron chi connectivity index (χ0n) is 22.3. The van der Waals surface area contributed by atoms with E-state index >= 15 is 0 Å². The van der Waals surface area contributed by atoms with Crippen molar-refractivity contribution in [3.8, 4) is 22.9 Å². The Hall–Kier alpha value is -3.84. The Bertz CT molecular complexity index is 1430. The van der Waals surface area contributed by atoms with E-state index in [0.717, 1.165) is 71.3 Å². The molecule has 2 aromatic heterocycles. The van der Waals surface area contributed by atoms with Gasteiger partial charge in [-0.05, 0) is 67.4 Å². The first-order valence-electron chi connectivity index (χ1n) is 13.5. The Morgan fingerprint density at radius 3 is 2.82 bits per heavy atom. The molecule has 0 unspecified atom stereocenters. The molecule has 3 heterocycles. The molecule has 38 heavy (non-hydrogen) atoms. The second-order valence-electron chi connectivity index (χ2n) is 10.1. The summed E-state index contributed by atoms with van der Waals surface area (Å²) in [5.41, 5.74) is 3.54. The van der Waals surface area contributed by atoms with Crippen molar-refractivity contribution in [2.45, 2.75) is 52.5 Å². The third-order valence-corrected chi connectivity index (χ3v) is 7.36. The molecule has 1 saturated heterocycles. The van der Waals surface area contributed by atoms with Crippen molar-refractivity contribution in [1.82, 2.24) is 20.3 Å². The molecule has 4 aromatic rings. The highest BCUT2D eigenvalue weighted by Crippen LogP contribution is 2.37. The van der Waals surface area contributed by atoms with Gasteiger partial charge in [-0.2, -0.15) is 0 Å². The highest BCUT2D eigenvalue weighted by atomic mass is 16.5. The van der Waals surface area contributed by atoms with Crippen molar-refractivity contribution in [3.05, 3.63) is 72.1 Å². The normalized spacial score (nSPS) is 16.2. The monoisotopic (exact) mass is 509 g/mol. The Morgan fingerprint density at radius 2 is 2.00 bits per heavy atom. The van der Waals surface area contributed by atoms with E-state index in [1.807, 2.05) is 56.3 Å². The van der Waals surface area contributed by atoms with Gasteiger partial charge < -0.3 is 15.4 Å². The van der Waals surface area contributed by atoms with E-state index in [1.54, 1.807) is 12.4 Å². The van der Waals surface area contributed by atoms with Crippen LogP contribution in [-0.4, -0.2) is 39.9 Å². The molecule has 1 aliphatic rings. The van der Waals surface area contributed by atoms with Gasteiger partial charge in [0.05, 0.1) is 11.3 Å². The molecule has 0 aliphatic carbocycles. The average molecular weight is 510 g/mol. The summed E-state index contributed by atoms with van der Waals surface area (Å²) < 4.78 is 6.54. The fourth-order valence-corrected chi connectivity index (χ4v) is 4.88. The molecule has 7 heteroatoms. The molecular weight excluding hydrogens is 474 g/mol. The molecule has 0 saturated carbocycles. The summed E-state index contributed by atoms with van der Waals surface area (Å²) in [6, 6.07) is 16.2. The van der Waals surface area contributed by atoms with Crippen LogP contribution in [0.3, 0.4) is 0 Å². The minimum absolute atomic E-state index is 0.0455. The van der Waals surface area contributed by atoms with Crippen LogP contribution in [0.5, 0.6) is 11.6 Å². The number of benzene rings is 2. The average Bonchev–Trinajstić information content (AvgIpc) is 2.95. The lowest BCUT2D eigenvalue weighted by Crippen LogP contribution is -2.38. The largest absolute Gasteiger partial charge is 0.437 e. The second kappa shape index (κ2) is 11.7. The van der Waals surface area contributed by atoms with Crippen molar-refractivity contribution >= 4 is 22.5 Å². The Morgan fingerprint density at radius 1 is 1.11 bits per heavy atom. The van der Waals surface area contributed by atoms with Crippen molar-refractivity contribution in [1.29, 1.82) is 0 Å². The summed E-state index contributed by atoms with van der Waals surface area (Å²) >= 11 is 0. The number of carbonyl (C=O) groups is 1. The van der Waals surface area contributed by atoms with Crippen LogP contribution in [0.1, 0.15) is 44.2 Å². The number of carbonyl (C=O) groups excluding carboxylic acids is 1. The maximum Gasteiger partial charge on any atom is 0.228 e. The number of nitrogens with zero attached hydrogens (tertiary/aromatic N) is 3. The van der Waals surface area contributed by atoms with Gasteiger partial charge in [-0.1, -0.05) is 44.2 Å². The number of piperidine rings is 1. The van der Waals surface area contributed by atoms with Gasteiger partial charge in [-0.15, -0.1) is 0 Å². The topological polar surface area (TPSA) is 89.0 Å². The van der Waals surface area contributed by atoms with E-state index in [1.165, 1.54) is 0 Å². The molecule has 196 valence electrons. The maximum atomic E-state index is 12.7. The van der Waals surface area contributed by atoms with Gasteiger partial charge in [0.2, 0.25) is 11.8 Å². The predicted octanol–water partition coefficient (Wildman–Crippen LogP) is 6.11. The molecule has 0 amide bonds. The number of nitrogens with one attached hydrogen (secondary N) is 2. The molecule has 1 fully saturated rings. The van der Waals surface area contributed by atoms with E-state index in [4.69, 9.17) is 9.72 Å². The summed E-state index contributed by atoms with van der Waals surface area (Å²) in [5.74, 6) is 2.12. The maximum absolute atomic E-state index is 12.7. The smallest absolute Gasteiger partial charge is 0.228 e. The van der Waals surface area contributed by atoms with Gasteiger partial charge in [0, 0.05) is 42.7 Å². The zero-order chi connectivity index (χ0) is 26.5.